The zero-order chi connectivity index (χ0) is 16.5. The van der Waals surface area contributed by atoms with E-state index in [1.54, 1.807) is 7.11 Å². The first kappa shape index (κ1) is 15.7. The summed E-state index contributed by atoms with van der Waals surface area (Å²) in [5.41, 5.74) is 0. The number of nitrogens with zero attached hydrogens (tertiary/aromatic N) is 6. The zero-order valence-electron chi connectivity index (χ0n) is 14.4. The fraction of sp³-hybridized carbons (Fsp3) is 0.750. The smallest absolute Gasteiger partial charge is 0.167 e. The summed E-state index contributed by atoms with van der Waals surface area (Å²) in [5.74, 6) is 4.45. The molecule has 2 fully saturated rings. The summed E-state index contributed by atoms with van der Waals surface area (Å²) in [6.45, 7) is 2.31. The Hall–Kier alpha value is -1.80. The fourth-order valence-corrected chi connectivity index (χ4v) is 3.52. The number of hydrogen-bond acceptors (Lipinski definition) is 6. The first-order valence-electron chi connectivity index (χ1n) is 8.78. The highest BCUT2D eigenvalue weighted by Crippen LogP contribution is 2.39. The number of methoxy groups -OCH3 is 1. The minimum absolute atomic E-state index is 0.238. The Labute approximate surface area is 141 Å². The maximum atomic E-state index is 5.13. The van der Waals surface area contributed by atoms with Crippen molar-refractivity contribution >= 4 is 0 Å². The second-order valence-electron chi connectivity index (χ2n) is 6.86. The summed E-state index contributed by atoms with van der Waals surface area (Å²) in [7, 11) is 3.76. The number of rotatable bonds is 6. The van der Waals surface area contributed by atoms with Crippen LogP contribution in [0, 0.1) is 0 Å². The van der Waals surface area contributed by atoms with Crippen LogP contribution in [0.2, 0.25) is 0 Å². The van der Waals surface area contributed by atoms with Crippen molar-refractivity contribution in [2.24, 2.45) is 7.05 Å². The number of H-pyrrole nitrogens is 1. The second kappa shape index (κ2) is 6.60. The van der Waals surface area contributed by atoms with Gasteiger partial charge in [-0.2, -0.15) is 5.10 Å². The van der Waals surface area contributed by atoms with Crippen LogP contribution in [0.1, 0.15) is 67.4 Å². The molecule has 1 N–H and O–H groups in total. The van der Waals surface area contributed by atoms with Crippen molar-refractivity contribution in [3.8, 4) is 0 Å². The molecule has 4 rings (SSSR count). The SMILES string of the molecule is COCc1nc(C2CCCCN2Cc2nnc(C3CC3)n2C)n[nH]1. The summed E-state index contributed by atoms with van der Waals surface area (Å²) in [4.78, 5) is 7.04. The van der Waals surface area contributed by atoms with E-state index in [0.29, 0.717) is 12.5 Å². The van der Waals surface area contributed by atoms with Crippen LogP contribution in [-0.4, -0.2) is 48.5 Å². The summed E-state index contributed by atoms with van der Waals surface area (Å²) < 4.78 is 7.31. The number of piperidine rings is 1. The Balaban J connectivity index is 1.51. The van der Waals surface area contributed by atoms with Crippen molar-refractivity contribution < 1.29 is 4.74 Å². The molecule has 0 radical (unpaired) electrons. The first-order chi connectivity index (χ1) is 11.8. The van der Waals surface area contributed by atoms with E-state index in [9.17, 15) is 0 Å². The van der Waals surface area contributed by atoms with Gasteiger partial charge in [-0.1, -0.05) is 6.42 Å². The van der Waals surface area contributed by atoms with Crippen LogP contribution in [0.3, 0.4) is 0 Å². The average Bonchev–Trinajstić information content (AvgIpc) is 3.22. The Morgan fingerprint density at radius 2 is 2.08 bits per heavy atom. The van der Waals surface area contributed by atoms with Crippen molar-refractivity contribution in [3.05, 3.63) is 23.3 Å². The van der Waals surface area contributed by atoms with Crippen molar-refractivity contribution in [2.75, 3.05) is 13.7 Å². The van der Waals surface area contributed by atoms with Crippen molar-refractivity contribution in [2.45, 2.75) is 57.2 Å². The minimum atomic E-state index is 0.238. The van der Waals surface area contributed by atoms with E-state index < -0.39 is 0 Å². The van der Waals surface area contributed by atoms with Gasteiger partial charge < -0.3 is 9.30 Å². The van der Waals surface area contributed by atoms with Gasteiger partial charge >= 0.3 is 0 Å². The molecule has 0 bridgehead atoms. The highest BCUT2D eigenvalue weighted by atomic mass is 16.5. The maximum absolute atomic E-state index is 5.13. The minimum Gasteiger partial charge on any atom is -0.377 e. The van der Waals surface area contributed by atoms with Gasteiger partial charge in [0.15, 0.2) is 11.6 Å². The summed E-state index contributed by atoms with van der Waals surface area (Å²) in [5, 5.41) is 16.2. The summed E-state index contributed by atoms with van der Waals surface area (Å²) >= 11 is 0. The number of aromatic nitrogens is 6. The normalized spacial score (nSPS) is 22.2. The van der Waals surface area contributed by atoms with Crippen LogP contribution in [0.5, 0.6) is 0 Å². The van der Waals surface area contributed by atoms with E-state index in [2.05, 4.69) is 41.9 Å². The quantitative estimate of drug-likeness (QED) is 0.867. The molecular formula is C16H25N7O. The van der Waals surface area contributed by atoms with E-state index in [-0.39, 0.29) is 6.04 Å². The zero-order valence-corrected chi connectivity index (χ0v) is 14.4. The molecule has 3 heterocycles. The predicted octanol–water partition coefficient (Wildman–Crippen LogP) is 1.68. The molecule has 24 heavy (non-hydrogen) atoms. The number of nitrogens with one attached hydrogen (secondary N) is 1. The van der Waals surface area contributed by atoms with Gasteiger partial charge in [0.25, 0.3) is 0 Å². The third-order valence-electron chi connectivity index (χ3n) is 5.03. The molecule has 130 valence electrons. The van der Waals surface area contributed by atoms with Gasteiger partial charge in [0.1, 0.15) is 18.3 Å². The molecule has 1 unspecified atom stereocenters. The van der Waals surface area contributed by atoms with Crippen LogP contribution >= 0.6 is 0 Å². The molecular weight excluding hydrogens is 306 g/mol. The van der Waals surface area contributed by atoms with E-state index >= 15 is 0 Å². The lowest BCUT2D eigenvalue weighted by Crippen LogP contribution is -2.34. The third-order valence-corrected chi connectivity index (χ3v) is 5.03. The molecule has 8 nitrogen and oxygen atoms in total. The molecule has 8 heteroatoms. The maximum Gasteiger partial charge on any atom is 0.167 e. The predicted molar refractivity (Wildman–Crippen MR) is 87.1 cm³/mol. The third kappa shape index (κ3) is 3.08. The van der Waals surface area contributed by atoms with Crippen molar-refractivity contribution in [3.63, 3.8) is 0 Å². The van der Waals surface area contributed by atoms with Gasteiger partial charge in [-0.25, -0.2) is 4.98 Å². The number of likely N-dealkylation sites (tertiary alicyclic amines) is 1. The van der Waals surface area contributed by atoms with Gasteiger partial charge in [0, 0.05) is 20.1 Å². The van der Waals surface area contributed by atoms with Crippen LogP contribution in [0.25, 0.3) is 0 Å². The number of hydrogen-bond donors (Lipinski definition) is 1. The van der Waals surface area contributed by atoms with Crippen molar-refractivity contribution in [1.29, 1.82) is 0 Å². The van der Waals surface area contributed by atoms with E-state index in [0.717, 1.165) is 42.8 Å². The highest BCUT2D eigenvalue weighted by Gasteiger charge is 2.31. The lowest BCUT2D eigenvalue weighted by molar-refractivity contribution is 0.129. The molecule has 1 saturated heterocycles. The van der Waals surface area contributed by atoms with Crippen LogP contribution in [0.15, 0.2) is 0 Å². The molecule has 1 aliphatic carbocycles. The fourth-order valence-electron chi connectivity index (χ4n) is 3.52. The summed E-state index contributed by atoms with van der Waals surface area (Å²) in [6, 6.07) is 0.238. The van der Waals surface area contributed by atoms with Crippen LogP contribution in [0.4, 0.5) is 0 Å². The molecule has 2 aromatic heterocycles. The van der Waals surface area contributed by atoms with Crippen molar-refractivity contribution in [1.82, 2.24) is 34.8 Å². The molecule has 0 spiro atoms. The Bertz CT molecular complexity index is 690. The molecule has 0 amide bonds. The molecule has 0 aromatic carbocycles. The van der Waals surface area contributed by atoms with Gasteiger partial charge in [0.2, 0.25) is 0 Å². The summed E-state index contributed by atoms with van der Waals surface area (Å²) in [6.07, 6.45) is 5.99. The van der Waals surface area contributed by atoms with Crippen LogP contribution in [-0.2, 0) is 24.9 Å². The molecule has 1 atom stereocenters. The first-order valence-corrected chi connectivity index (χ1v) is 8.78. The topological polar surface area (TPSA) is 84.8 Å². The van der Waals surface area contributed by atoms with E-state index in [1.165, 1.54) is 25.7 Å². The molecule has 1 aliphatic heterocycles. The van der Waals surface area contributed by atoms with E-state index in [1.807, 2.05) is 0 Å². The Morgan fingerprint density at radius 1 is 1.21 bits per heavy atom. The Morgan fingerprint density at radius 3 is 2.88 bits per heavy atom. The number of ether oxygens (including phenoxy) is 1. The average molecular weight is 331 g/mol. The van der Waals surface area contributed by atoms with Gasteiger partial charge in [-0.3, -0.25) is 10.00 Å². The van der Waals surface area contributed by atoms with Gasteiger partial charge in [-0.05, 0) is 32.2 Å². The lowest BCUT2D eigenvalue weighted by Gasteiger charge is -2.33. The Kier molecular flexibility index (Phi) is 4.32. The lowest BCUT2D eigenvalue weighted by atomic mass is 10.0. The van der Waals surface area contributed by atoms with Crippen LogP contribution < -0.4 is 0 Å². The molecule has 1 saturated carbocycles. The largest absolute Gasteiger partial charge is 0.377 e. The molecule has 2 aromatic rings. The van der Waals surface area contributed by atoms with E-state index in [4.69, 9.17) is 4.74 Å². The molecule has 2 aliphatic rings. The standard InChI is InChI=1S/C16H25N7O/c1-22-14(19-21-16(22)11-6-7-11)9-23-8-4-3-5-12(23)15-17-13(10-24-2)18-20-15/h11-12H,3-10H2,1-2H3,(H,17,18,20). The highest BCUT2D eigenvalue weighted by molar-refractivity contribution is 5.08. The second-order valence-corrected chi connectivity index (χ2v) is 6.86. The number of aromatic amines is 1. The van der Waals surface area contributed by atoms with Gasteiger partial charge in [-0.15, -0.1) is 10.2 Å². The monoisotopic (exact) mass is 331 g/mol. The van der Waals surface area contributed by atoms with Gasteiger partial charge in [0.05, 0.1) is 12.6 Å².